The number of carboxylic acid groups (broad SMARTS) is 1. The van der Waals surface area contributed by atoms with Gasteiger partial charge in [-0.05, 0) is 37.2 Å². The van der Waals surface area contributed by atoms with Crippen LogP contribution in [0.1, 0.15) is 21.7 Å². The molecule has 5 heteroatoms. The predicted octanol–water partition coefficient (Wildman–Crippen LogP) is 3.41. The molecule has 1 N–H and O–H groups in total. The van der Waals surface area contributed by atoms with Crippen LogP contribution < -0.4 is 0 Å². The molecule has 2 rings (SSSR count). The molecule has 0 unspecified atom stereocenters. The minimum atomic E-state index is -1.02. The lowest BCUT2D eigenvalue weighted by molar-refractivity contribution is 0.0659. The highest BCUT2D eigenvalue weighted by Gasteiger charge is 2.15. The first-order valence-electron chi connectivity index (χ1n) is 6.29. The highest BCUT2D eigenvalue weighted by Crippen LogP contribution is 2.15. The van der Waals surface area contributed by atoms with E-state index in [9.17, 15) is 4.79 Å². The van der Waals surface area contributed by atoms with Crippen molar-refractivity contribution in [3.8, 4) is 0 Å². The maximum absolute atomic E-state index is 11.0. The Kier molecular flexibility index (Phi) is 4.98. The Bertz CT molecular complexity index is 594. The van der Waals surface area contributed by atoms with Gasteiger partial charge < -0.3 is 14.4 Å². The Morgan fingerprint density at radius 1 is 1.40 bits per heavy atom. The average molecular weight is 338 g/mol. The van der Waals surface area contributed by atoms with Gasteiger partial charge in [-0.1, -0.05) is 28.1 Å². The number of nitrogens with zero attached hydrogens (tertiary/aromatic N) is 1. The summed E-state index contributed by atoms with van der Waals surface area (Å²) < 4.78 is 6.04. The third-order valence-corrected chi connectivity index (χ3v) is 3.55. The van der Waals surface area contributed by atoms with Gasteiger partial charge in [0.15, 0.2) is 0 Å². The first-order valence-corrected chi connectivity index (χ1v) is 7.08. The van der Waals surface area contributed by atoms with Crippen LogP contribution >= 0.6 is 15.9 Å². The second-order valence-corrected chi connectivity index (χ2v) is 5.61. The minimum Gasteiger partial charge on any atom is -0.475 e. The Labute approximate surface area is 126 Å². The summed E-state index contributed by atoms with van der Waals surface area (Å²) in [6, 6.07) is 9.89. The van der Waals surface area contributed by atoms with Crippen molar-refractivity contribution in [2.24, 2.45) is 0 Å². The molecule has 0 amide bonds. The summed E-state index contributed by atoms with van der Waals surface area (Å²) in [5, 5.41) is 8.99. The van der Waals surface area contributed by atoms with Gasteiger partial charge in [0, 0.05) is 23.1 Å². The van der Waals surface area contributed by atoms with Crippen molar-refractivity contribution in [2.75, 3.05) is 13.6 Å². The summed E-state index contributed by atoms with van der Waals surface area (Å²) in [6.45, 7) is 1.41. The Balaban J connectivity index is 1.91. The lowest BCUT2D eigenvalue weighted by Gasteiger charge is -2.16. The molecule has 0 spiro atoms. The SMILES string of the molecule is CN(CCc1cccc(Br)c1)Cc1ccoc1C(=O)O. The smallest absolute Gasteiger partial charge is 0.372 e. The van der Waals surface area contributed by atoms with Crippen molar-refractivity contribution in [3.05, 3.63) is 58.0 Å². The van der Waals surface area contributed by atoms with Crippen LogP contribution in [-0.4, -0.2) is 29.6 Å². The van der Waals surface area contributed by atoms with Crippen molar-refractivity contribution < 1.29 is 14.3 Å². The molecule has 0 aliphatic heterocycles. The van der Waals surface area contributed by atoms with Crippen LogP contribution in [0.25, 0.3) is 0 Å². The molecule has 2 aromatic rings. The number of aromatic carboxylic acids is 1. The third kappa shape index (κ3) is 3.95. The van der Waals surface area contributed by atoms with E-state index in [2.05, 4.69) is 33.0 Å². The van der Waals surface area contributed by atoms with Crippen molar-refractivity contribution in [1.29, 1.82) is 0 Å². The van der Waals surface area contributed by atoms with Crippen LogP contribution in [-0.2, 0) is 13.0 Å². The van der Waals surface area contributed by atoms with E-state index >= 15 is 0 Å². The summed E-state index contributed by atoms with van der Waals surface area (Å²) in [7, 11) is 1.97. The van der Waals surface area contributed by atoms with Crippen molar-refractivity contribution in [2.45, 2.75) is 13.0 Å². The highest BCUT2D eigenvalue weighted by atomic mass is 79.9. The zero-order chi connectivity index (χ0) is 14.5. The number of furan rings is 1. The second-order valence-electron chi connectivity index (χ2n) is 4.70. The van der Waals surface area contributed by atoms with Gasteiger partial charge >= 0.3 is 5.97 Å². The number of rotatable bonds is 6. The molecule has 0 saturated carbocycles. The first-order chi connectivity index (χ1) is 9.56. The maximum Gasteiger partial charge on any atom is 0.372 e. The van der Waals surface area contributed by atoms with E-state index in [1.165, 1.54) is 11.8 Å². The molecule has 106 valence electrons. The topological polar surface area (TPSA) is 53.7 Å². The van der Waals surface area contributed by atoms with E-state index < -0.39 is 5.97 Å². The number of carboxylic acids is 1. The summed E-state index contributed by atoms with van der Waals surface area (Å²) in [5.41, 5.74) is 1.95. The van der Waals surface area contributed by atoms with E-state index in [0.29, 0.717) is 12.1 Å². The first kappa shape index (κ1) is 14.8. The highest BCUT2D eigenvalue weighted by molar-refractivity contribution is 9.10. The quantitative estimate of drug-likeness (QED) is 0.877. The number of benzene rings is 1. The standard InChI is InChI=1S/C15H16BrNO3/c1-17(7-5-11-3-2-4-13(16)9-11)10-12-6-8-20-14(12)15(18)19/h2-4,6,8-9H,5,7,10H2,1H3,(H,18,19). The summed E-state index contributed by atoms with van der Waals surface area (Å²) >= 11 is 3.45. The van der Waals surface area contributed by atoms with E-state index in [0.717, 1.165) is 17.4 Å². The molecule has 0 bridgehead atoms. The van der Waals surface area contributed by atoms with Crippen LogP contribution in [0.3, 0.4) is 0 Å². The average Bonchev–Trinajstić information content (AvgIpc) is 2.85. The number of likely N-dealkylation sites (N-methyl/N-ethyl adjacent to an activating group) is 1. The van der Waals surface area contributed by atoms with E-state index in [1.54, 1.807) is 6.07 Å². The van der Waals surface area contributed by atoms with Gasteiger partial charge in [-0.15, -0.1) is 0 Å². The number of carbonyl (C=O) groups is 1. The van der Waals surface area contributed by atoms with Crippen LogP contribution in [0.2, 0.25) is 0 Å². The summed E-state index contributed by atoms with van der Waals surface area (Å²) in [5.74, 6) is -0.996. The summed E-state index contributed by atoms with van der Waals surface area (Å²) in [4.78, 5) is 13.0. The van der Waals surface area contributed by atoms with Crippen LogP contribution in [0.4, 0.5) is 0 Å². The second kappa shape index (κ2) is 6.72. The predicted molar refractivity (Wildman–Crippen MR) is 79.8 cm³/mol. The number of hydrogen-bond donors (Lipinski definition) is 1. The molecule has 0 aliphatic carbocycles. The Morgan fingerprint density at radius 3 is 2.90 bits per heavy atom. The molecule has 1 aromatic heterocycles. The molecular weight excluding hydrogens is 322 g/mol. The van der Waals surface area contributed by atoms with Crippen molar-refractivity contribution in [3.63, 3.8) is 0 Å². The molecule has 0 saturated heterocycles. The molecule has 0 aliphatic rings. The molecule has 0 fully saturated rings. The molecule has 4 nitrogen and oxygen atoms in total. The van der Waals surface area contributed by atoms with E-state index in [4.69, 9.17) is 9.52 Å². The zero-order valence-corrected chi connectivity index (χ0v) is 12.8. The van der Waals surface area contributed by atoms with Crippen molar-refractivity contribution in [1.82, 2.24) is 4.90 Å². The fourth-order valence-corrected chi connectivity index (χ4v) is 2.48. The van der Waals surface area contributed by atoms with Gasteiger partial charge in [0.1, 0.15) is 0 Å². The maximum atomic E-state index is 11.0. The zero-order valence-electron chi connectivity index (χ0n) is 11.2. The normalized spacial score (nSPS) is 10.9. The van der Waals surface area contributed by atoms with Gasteiger partial charge in [0.25, 0.3) is 0 Å². The van der Waals surface area contributed by atoms with Crippen molar-refractivity contribution >= 4 is 21.9 Å². The van der Waals surface area contributed by atoms with Gasteiger partial charge in [-0.2, -0.15) is 0 Å². The van der Waals surface area contributed by atoms with E-state index in [1.807, 2.05) is 19.2 Å². The minimum absolute atomic E-state index is 0.0271. The summed E-state index contributed by atoms with van der Waals surface area (Å²) in [6.07, 6.45) is 2.33. The molecule has 1 aromatic carbocycles. The fourth-order valence-electron chi connectivity index (χ4n) is 2.03. The molecular formula is C15H16BrNO3. The Hall–Kier alpha value is -1.59. The number of hydrogen-bond acceptors (Lipinski definition) is 3. The van der Waals surface area contributed by atoms with Crippen LogP contribution in [0, 0.1) is 0 Å². The molecule has 0 radical (unpaired) electrons. The van der Waals surface area contributed by atoms with Crippen LogP contribution in [0.5, 0.6) is 0 Å². The molecule has 0 atom stereocenters. The largest absolute Gasteiger partial charge is 0.475 e. The Morgan fingerprint density at radius 2 is 2.20 bits per heavy atom. The molecule has 20 heavy (non-hydrogen) atoms. The van der Waals surface area contributed by atoms with Gasteiger partial charge in [-0.25, -0.2) is 4.79 Å². The third-order valence-electron chi connectivity index (χ3n) is 3.05. The number of halogens is 1. The van der Waals surface area contributed by atoms with Gasteiger partial charge in [0.05, 0.1) is 6.26 Å². The lowest BCUT2D eigenvalue weighted by atomic mass is 10.1. The van der Waals surface area contributed by atoms with Crippen LogP contribution in [0.15, 0.2) is 45.5 Å². The fraction of sp³-hybridized carbons (Fsp3) is 0.267. The monoisotopic (exact) mass is 337 g/mol. The van der Waals surface area contributed by atoms with E-state index in [-0.39, 0.29) is 5.76 Å². The molecule has 1 heterocycles. The van der Waals surface area contributed by atoms with Gasteiger partial charge in [-0.3, -0.25) is 0 Å². The van der Waals surface area contributed by atoms with Gasteiger partial charge in [0.2, 0.25) is 5.76 Å². The lowest BCUT2D eigenvalue weighted by Crippen LogP contribution is -2.21.